The zero-order valence-corrected chi connectivity index (χ0v) is 12.8. The molecule has 0 aliphatic carbocycles. The fourth-order valence-corrected chi connectivity index (χ4v) is 4.34. The molecule has 2 atom stereocenters. The molecule has 2 aliphatic rings. The van der Waals surface area contributed by atoms with Gasteiger partial charge in [0.2, 0.25) is 0 Å². The van der Waals surface area contributed by atoms with E-state index >= 15 is 0 Å². The van der Waals surface area contributed by atoms with Crippen LogP contribution in [0.4, 0.5) is 5.82 Å². The fourth-order valence-electron chi connectivity index (χ4n) is 3.04. The van der Waals surface area contributed by atoms with E-state index in [2.05, 4.69) is 14.6 Å². The smallest absolute Gasteiger partial charge is 0.260 e. The lowest BCUT2D eigenvalue weighted by atomic mass is 10.2. The Bertz CT molecular complexity index is 595. The van der Waals surface area contributed by atoms with Gasteiger partial charge in [-0.05, 0) is 19.4 Å². The molecule has 0 saturated carbocycles. The number of rotatable bonds is 4. The monoisotopic (exact) mass is 315 g/mol. The van der Waals surface area contributed by atoms with Crippen LogP contribution in [0.5, 0.6) is 0 Å². The van der Waals surface area contributed by atoms with Crippen LogP contribution >= 0.6 is 0 Å². The number of aryl methyl sites for hydroxylation is 1. The number of nitrogen functional groups attached to an aromatic ring is 1. The predicted molar refractivity (Wildman–Crippen MR) is 77.1 cm³/mol. The van der Waals surface area contributed by atoms with Crippen molar-refractivity contribution in [1.82, 2.24) is 19.2 Å². The summed E-state index contributed by atoms with van der Waals surface area (Å²) in [7, 11) is -2.07. The summed E-state index contributed by atoms with van der Waals surface area (Å²) >= 11 is 0. The molecule has 1 aromatic heterocycles. The molecule has 1 aromatic rings. The van der Waals surface area contributed by atoms with Crippen molar-refractivity contribution in [2.75, 3.05) is 32.0 Å². The van der Waals surface area contributed by atoms with Crippen LogP contribution in [0.15, 0.2) is 11.4 Å². The van der Waals surface area contributed by atoms with Crippen molar-refractivity contribution in [3.63, 3.8) is 0 Å². The summed E-state index contributed by atoms with van der Waals surface area (Å²) in [6.45, 7) is 2.77. The Morgan fingerprint density at radius 3 is 3.10 bits per heavy atom. The summed E-state index contributed by atoms with van der Waals surface area (Å²) in [4.78, 5) is 6.18. The topological polar surface area (TPSA) is 102 Å². The summed E-state index contributed by atoms with van der Waals surface area (Å²) in [5.74, 6) is 0.00849. The van der Waals surface area contributed by atoms with Crippen LogP contribution in [0, 0.1) is 0 Å². The number of nitrogens with two attached hydrogens (primary N) is 1. The lowest BCUT2D eigenvalue weighted by molar-refractivity contribution is -0.0449. The van der Waals surface area contributed by atoms with Crippen LogP contribution in [-0.2, 0) is 21.8 Å². The van der Waals surface area contributed by atoms with Crippen LogP contribution < -0.4 is 10.5 Å². The maximum atomic E-state index is 12.3. The number of fused-ring (bicyclic) bond motifs is 1. The van der Waals surface area contributed by atoms with Gasteiger partial charge in [0.1, 0.15) is 0 Å². The van der Waals surface area contributed by atoms with E-state index in [9.17, 15) is 8.42 Å². The number of hydrogen-bond acceptors (Lipinski definition) is 6. The van der Waals surface area contributed by atoms with E-state index in [1.165, 1.54) is 23.7 Å². The number of ether oxygens (including phenoxy) is 1. The Hall–Kier alpha value is -1.16. The average molecular weight is 315 g/mol. The van der Waals surface area contributed by atoms with Gasteiger partial charge >= 0.3 is 0 Å². The molecule has 0 spiro atoms. The van der Waals surface area contributed by atoms with E-state index in [4.69, 9.17) is 10.5 Å². The van der Waals surface area contributed by atoms with E-state index in [0.29, 0.717) is 12.6 Å². The Balaban J connectivity index is 1.62. The Labute approximate surface area is 124 Å². The van der Waals surface area contributed by atoms with Crippen LogP contribution in [0.2, 0.25) is 0 Å². The molecule has 8 nitrogen and oxygen atoms in total. The highest BCUT2D eigenvalue weighted by Crippen LogP contribution is 2.22. The third-order valence-corrected chi connectivity index (χ3v) is 5.68. The van der Waals surface area contributed by atoms with Gasteiger partial charge in [-0.15, -0.1) is 0 Å². The highest BCUT2D eigenvalue weighted by atomic mass is 32.2. The van der Waals surface area contributed by atoms with Crippen molar-refractivity contribution < 1.29 is 13.2 Å². The molecule has 3 heterocycles. The van der Waals surface area contributed by atoms with Gasteiger partial charge in [0.25, 0.3) is 10.0 Å². The van der Waals surface area contributed by atoms with Crippen molar-refractivity contribution in [3.05, 3.63) is 6.33 Å². The van der Waals surface area contributed by atoms with Gasteiger partial charge in [-0.2, -0.15) is 0 Å². The van der Waals surface area contributed by atoms with Gasteiger partial charge in [-0.25, -0.2) is 18.1 Å². The highest BCUT2D eigenvalue weighted by molar-refractivity contribution is 7.89. The second-order valence-electron chi connectivity index (χ2n) is 5.64. The number of imidazole rings is 1. The first kappa shape index (κ1) is 14.8. The average Bonchev–Trinajstić information content (AvgIpc) is 3.02. The zero-order chi connectivity index (χ0) is 15.0. The summed E-state index contributed by atoms with van der Waals surface area (Å²) in [5.41, 5.74) is 5.62. The number of anilines is 1. The lowest BCUT2D eigenvalue weighted by Crippen LogP contribution is -2.50. The lowest BCUT2D eigenvalue weighted by Gasteiger charge is -2.35. The number of nitrogens with one attached hydrogen (secondary N) is 1. The van der Waals surface area contributed by atoms with Gasteiger partial charge in [0, 0.05) is 26.2 Å². The number of morpholine rings is 1. The van der Waals surface area contributed by atoms with Crippen molar-refractivity contribution in [3.8, 4) is 0 Å². The van der Waals surface area contributed by atoms with Gasteiger partial charge in [0.05, 0.1) is 19.0 Å². The SMILES string of the molecule is Cn1cnc(N)c1S(=O)(=O)NCC1CN2CCCC2CO1. The minimum atomic E-state index is -3.67. The second kappa shape index (κ2) is 5.56. The van der Waals surface area contributed by atoms with E-state index < -0.39 is 10.0 Å². The number of nitrogens with zero attached hydrogens (tertiary/aromatic N) is 3. The maximum Gasteiger partial charge on any atom is 0.260 e. The van der Waals surface area contributed by atoms with Crippen molar-refractivity contribution in [2.24, 2.45) is 7.05 Å². The van der Waals surface area contributed by atoms with Crippen LogP contribution in [0.3, 0.4) is 0 Å². The van der Waals surface area contributed by atoms with E-state index in [-0.39, 0.29) is 23.5 Å². The molecular formula is C12H21N5O3S. The van der Waals surface area contributed by atoms with Gasteiger partial charge in [-0.1, -0.05) is 0 Å². The number of aromatic nitrogens is 2. The fraction of sp³-hybridized carbons (Fsp3) is 0.750. The second-order valence-corrected chi connectivity index (χ2v) is 7.33. The minimum Gasteiger partial charge on any atom is -0.381 e. The Kier molecular flexibility index (Phi) is 3.91. The normalized spacial score (nSPS) is 26.9. The zero-order valence-electron chi connectivity index (χ0n) is 12.0. The van der Waals surface area contributed by atoms with Crippen LogP contribution in [-0.4, -0.2) is 61.3 Å². The summed E-state index contributed by atoms with van der Waals surface area (Å²) in [5, 5.41) is -0.00245. The van der Waals surface area contributed by atoms with E-state index in [1.54, 1.807) is 7.05 Å². The molecule has 0 radical (unpaired) electrons. The third kappa shape index (κ3) is 2.91. The predicted octanol–water partition coefficient (Wildman–Crippen LogP) is -0.856. The molecule has 2 fully saturated rings. The molecule has 0 amide bonds. The highest BCUT2D eigenvalue weighted by Gasteiger charge is 2.33. The Morgan fingerprint density at radius 1 is 1.57 bits per heavy atom. The number of sulfonamides is 1. The summed E-state index contributed by atoms with van der Waals surface area (Å²) < 4.78 is 34.3. The molecule has 118 valence electrons. The van der Waals surface area contributed by atoms with E-state index in [0.717, 1.165) is 13.1 Å². The molecule has 0 aromatic carbocycles. The molecular weight excluding hydrogens is 294 g/mol. The first-order chi connectivity index (χ1) is 9.97. The van der Waals surface area contributed by atoms with Gasteiger partial charge in [0.15, 0.2) is 10.8 Å². The van der Waals surface area contributed by atoms with Crippen LogP contribution in [0.25, 0.3) is 0 Å². The first-order valence-electron chi connectivity index (χ1n) is 7.09. The molecule has 2 unspecified atom stereocenters. The van der Waals surface area contributed by atoms with Gasteiger partial charge in [-0.3, -0.25) is 4.90 Å². The molecule has 2 aliphatic heterocycles. The summed E-state index contributed by atoms with van der Waals surface area (Å²) in [6.07, 6.45) is 3.63. The van der Waals surface area contributed by atoms with Crippen molar-refractivity contribution in [2.45, 2.75) is 30.0 Å². The summed E-state index contributed by atoms with van der Waals surface area (Å²) in [6, 6.07) is 0.505. The van der Waals surface area contributed by atoms with Crippen molar-refractivity contribution in [1.29, 1.82) is 0 Å². The molecule has 0 bridgehead atoms. The molecule has 9 heteroatoms. The minimum absolute atomic E-state index is 0.00245. The molecule has 2 saturated heterocycles. The number of hydrogen-bond donors (Lipinski definition) is 2. The van der Waals surface area contributed by atoms with Gasteiger partial charge < -0.3 is 15.0 Å². The van der Waals surface area contributed by atoms with E-state index in [1.807, 2.05) is 0 Å². The third-order valence-electron chi connectivity index (χ3n) is 4.13. The molecule has 21 heavy (non-hydrogen) atoms. The standard InChI is InChI=1S/C12H21N5O3S/c1-16-8-14-11(13)12(16)21(18,19)15-5-10-6-17-4-2-3-9(17)7-20-10/h8-10,15H,2-7,13H2,1H3. The van der Waals surface area contributed by atoms with Crippen LogP contribution in [0.1, 0.15) is 12.8 Å². The molecule has 3 rings (SSSR count). The maximum absolute atomic E-state index is 12.3. The van der Waals surface area contributed by atoms with Crippen molar-refractivity contribution >= 4 is 15.8 Å². The largest absolute Gasteiger partial charge is 0.381 e. The quantitative estimate of drug-likeness (QED) is 0.750. The first-order valence-corrected chi connectivity index (χ1v) is 8.58. The molecule has 3 N–H and O–H groups in total. The Morgan fingerprint density at radius 2 is 2.38 bits per heavy atom.